The third-order valence-corrected chi connectivity index (χ3v) is 6.18. The first kappa shape index (κ1) is 19.1. The summed E-state index contributed by atoms with van der Waals surface area (Å²) >= 11 is 0. The van der Waals surface area contributed by atoms with Crippen molar-refractivity contribution in [1.82, 2.24) is 0 Å². The molecule has 0 unspecified atom stereocenters. The minimum atomic E-state index is -3.50. The molecule has 0 bridgehead atoms. The molecule has 2 rings (SSSR count). The SMILES string of the molecule is CS(=O)(=O)c1ccccc1NC(=O)CCS(=O)(=O)Cc1ccccc1. The van der Waals surface area contributed by atoms with Gasteiger partial charge in [0, 0.05) is 12.7 Å². The highest BCUT2D eigenvalue weighted by Gasteiger charge is 2.17. The van der Waals surface area contributed by atoms with Crippen LogP contribution in [0.4, 0.5) is 5.69 Å². The molecule has 8 heteroatoms. The minimum Gasteiger partial charge on any atom is -0.325 e. The Bertz CT molecular complexity index is 952. The molecule has 25 heavy (non-hydrogen) atoms. The van der Waals surface area contributed by atoms with Crippen molar-refractivity contribution in [2.45, 2.75) is 17.1 Å². The lowest BCUT2D eigenvalue weighted by Crippen LogP contribution is -2.19. The third kappa shape index (κ3) is 5.99. The first-order valence-corrected chi connectivity index (χ1v) is 11.2. The Morgan fingerprint density at radius 2 is 1.52 bits per heavy atom. The lowest BCUT2D eigenvalue weighted by atomic mass is 10.2. The highest BCUT2D eigenvalue weighted by atomic mass is 32.2. The number of hydrogen-bond acceptors (Lipinski definition) is 5. The van der Waals surface area contributed by atoms with Crippen molar-refractivity contribution in [2.75, 3.05) is 17.3 Å². The molecule has 2 aromatic rings. The lowest BCUT2D eigenvalue weighted by molar-refractivity contribution is -0.115. The summed E-state index contributed by atoms with van der Waals surface area (Å²) in [6.07, 6.45) is 0.801. The van der Waals surface area contributed by atoms with Crippen LogP contribution >= 0.6 is 0 Å². The predicted octanol–water partition coefficient (Wildman–Crippen LogP) is 2.03. The Morgan fingerprint density at radius 3 is 2.16 bits per heavy atom. The van der Waals surface area contributed by atoms with Gasteiger partial charge in [0.05, 0.1) is 22.1 Å². The fourth-order valence-electron chi connectivity index (χ4n) is 2.25. The number of para-hydroxylation sites is 1. The molecule has 0 aliphatic rings. The van der Waals surface area contributed by atoms with E-state index in [1.54, 1.807) is 42.5 Å². The second-order valence-corrected chi connectivity index (χ2v) is 9.81. The van der Waals surface area contributed by atoms with Crippen molar-refractivity contribution >= 4 is 31.3 Å². The first-order chi connectivity index (χ1) is 11.7. The number of nitrogens with one attached hydrogen (secondary N) is 1. The number of amides is 1. The highest BCUT2D eigenvalue weighted by Crippen LogP contribution is 2.20. The summed E-state index contributed by atoms with van der Waals surface area (Å²) < 4.78 is 47.6. The molecule has 0 aromatic heterocycles. The van der Waals surface area contributed by atoms with Crippen LogP contribution in [0.1, 0.15) is 12.0 Å². The highest BCUT2D eigenvalue weighted by molar-refractivity contribution is 7.91. The van der Waals surface area contributed by atoms with Gasteiger partial charge in [-0.15, -0.1) is 0 Å². The van der Waals surface area contributed by atoms with Crippen LogP contribution in [-0.4, -0.2) is 34.8 Å². The monoisotopic (exact) mass is 381 g/mol. The van der Waals surface area contributed by atoms with Gasteiger partial charge >= 0.3 is 0 Å². The zero-order valence-electron chi connectivity index (χ0n) is 13.7. The summed E-state index contributed by atoms with van der Waals surface area (Å²) in [5, 5.41) is 2.47. The Kier molecular flexibility index (Phi) is 5.97. The van der Waals surface area contributed by atoms with Gasteiger partial charge in [0.1, 0.15) is 0 Å². The van der Waals surface area contributed by atoms with Crippen LogP contribution in [-0.2, 0) is 30.2 Å². The van der Waals surface area contributed by atoms with E-state index in [9.17, 15) is 21.6 Å². The average Bonchev–Trinajstić information content (AvgIpc) is 2.53. The largest absolute Gasteiger partial charge is 0.325 e. The molecule has 0 spiro atoms. The molecular formula is C17H19NO5S2. The molecule has 0 atom stereocenters. The summed E-state index contributed by atoms with van der Waals surface area (Å²) in [6.45, 7) is 0. The first-order valence-electron chi connectivity index (χ1n) is 7.51. The van der Waals surface area contributed by atoms with Gasteiger partial charge in [0.25, 0.3) is 0 Å². The van der Waals surface area contributed by atoms with E-state index in [1.807, 2.05) is 0 Å². The van der Waals surface area contributed by atoms with Gasteiger partial charge in [-0.25, -0.2) is 16.8 Å². The van der Waals surface area contributed by atoms with Gasteiger partial charge < -0.3 is 5.32 Å². The maximum absolute atomic E-state index is 12.1. The van der Waals surface area contributed by atoms with E-state index in [0.717, 1.165) is 6.26 Å². The maximum Gasteiger partial charge on any atom is 0.225 e. The summed E-state index contributed by atoms with van der Waals surface area (Å²) in [5.74, 6) is -0.997. The fraction of sp³-hybridized carbons (Fsp3) is 0.235. The standard InChI is InChI=1S/C17H19NO5S2/c1-24(20,21)16-10-6-5-9-15(16)18-17(19)11-12-25(22,23)13-14-7-3-2-4-8-14/h2-10H,11-13H2,1H3,(H,18,19). The van der Waals surface area contributed by atoms with Crippen molar-refractivity contribution in [1.29, 1.82) is 0 Å². The number of carbonyl (C=O) groups excluding carboxylic acids is 1. The van der Waals surface area contributed by atoms with Crippen molar-refractivity contribution in [2.24, 2.45) is 0 Å². The van der Waals surface area contributed by atoms with Crippen LogP contribution in [0.15, 0.2) is 59.5 Å². The number of anilines is 1. The van der Waals surface area contributed by atoms with Crippen LogP contribution in [0.3, 0.4) is 0 Å². The molecule has 0 fully saturated rings. The average molecular weight is 381 g/mol. The number of rotatable bonds is 7. The molecular weight excluding hydrogens is 362 g/mol. The van der Waals surface area contributed by atoms with E-state index in [2.05, 4.69) is 5.32 Å². The second-order valence-electron chi connectivity index (χ2n) is 5.64. The van der Waals surface area contributed by atoms with E-state index in [0.29, 0.717) is 5.56 Å². The number of hydrogen-bond donors (Lipinski definition) is 1. The molecule has 0 saturated heterocycles. The molecule has 0 saturated carbocycles. The van der Waals surface area contributed by atoms with E-state index in [1.165, 1.54) is 12.1 Å². The smallest absolute Gasteiger partial charge is 0.225 e. The van der Waals surface area contributed by atoms with E-state index >= 15 is 0 Å². The number of sulfone groups is 2. The van der Waals surface area contributed by atoms with Crippen molar-refractivity contribution in [3.63, 3.8) is 0 Å². The zero-order chi connectivity index (χ0) is 18.5. The Balaban J connectivity index is 2.00. The molecule has 1 N–H and O–H groups in total. The van der Waals surface area contributed by atoms with Crippen molar-refractivity contribution in [3.8, 4) is 0 Å². The number of carbonyl (C=O) groups is 1. The van der Waals surface area contributed by atoms with E-state index in [-0.39, 0.29) is 28.5 Å². The summed E-state index contributed by atoms with van der Waals surface area (Å²) in [4.78, 5) is 12.0. The number of benzene rings is 2. The van der Waals surface area contributed by atoms with Gasteiger partial charge in [-0.05, 0) is 17.7 Å². The molecule has 0 aliphatic heterocycles. The van der Waals surface area contributed by atoms with Gasteiger partial charge in [-0.3, -0.25) is 4.79 Å². The summed E-state index contributed by atoms with van der Waals surface area (Å²) in [7, 11) is -6.94. The lowest BCUT2D eigenvalue weighted by Gasteiger charge is -2.10. The van der Waals surface area contributed by atoms with Crippen molar-refractivity contribution in [3.05, 3.63) is 60.2 Å². The normalized spacial score (nSPS) is 11.9. The molecule has 0 aliphatic carbocycles. The zero-order valence-corrected chi connectivity index (χ0v) is 15.3. The second kappa shape index (κ2) is 7.79. The van der Waals surface area contributed by atoms with Crippen LogP contribution in [0.2, 0.25) is 0 Å². The van der Waals surface area contributed by atoms with Gasteiger partial charge in [0.2, 0.25) is 5.91 Å². The van der Waals surface area contributed by atoms with Gasteiger partial charge in [0.15, 0.2) is 19.7 Å². The molecule has 1 amide bonds. The molecule has 0 heterocycles. The third-order valence-electron chi connectivity index (χ3n) is 3.43. The summed E-state index contributed by atoms with van der Waals surface area (Å²) in [6, 6.07) is 14.7. The van der Waals surface area contributed by atoms with E-state index < -0.39 is 25.6 Å². The molecule has 2 aromatic carbocycles. The van der Waals surface area contributed by atoms with Crippen LogP contribution in [0.5, 0.6) is 0 Å². The Labute approximate surface area is 147 Å². The quantitative estimate of drug-likeness (QED) is 0.791. The van der Waals surface area contributed by atoms with Gasteiger partial charge in [-0.2, -0.15) is 0 Å². The maximum atomic E-state index is 12.1. The van der Waals surface area contributed by atoms with Gasteiger partial charge in [-0.1, -0.05) is 42.5 Å². The van der Waals surface area contributed by atoms with Crippen LogP contribution < -0.4 is 5.32 Å². The molecule has 0 radical (unpaired) electrons. The Hall–Kier alpha value is -2.19. The summed E-state index contributed by atoms with van der Waals surface area (Å²) in [5.41, 5.74) is 0.806. The van der Waals surface area contributed by atoms with Crippen LogP contribution in [0, 0.1) is 0 Å². The van der Waals surface area contributed by atoms with E-state index in [4.69, 9.17) is 0 Å². The predicted molar refractivity (Wildman–Crippen MR) is 96.7 cm³/mol. The Morgan fingerprint density at radius 1 is 0.920 bits per heavy atom. The van der Waals surface area contributed by atoms with Crippen molar-refractivity contribution < 1.29 is 21.6 Å². The topological polar surface area (TPSA) is 97.4 Å². The molecule has 134 valence electrons. The molecule has 6 nitrogen and oxygen atoms in total. The van der Waals surface area contributed by atoms with Crippen LogP contribution in [0.25, 0.3) is 0 Å². The minimum absolute atomic E-state index is 0.00417. The fourth-order valence-corrected chi connectivity index (χ4v) is 4.44.